The molecule has 0 saturated carbocycles. The summed E-state index contributed by atoms with van der Waals surface area (Å²) in [6, 6.07) is 13.2. The lowest BCUT2D eigenvalue weighted by Crippen LogP contribution is -2.31. The predicted octanol–water partition coefficient (Wildman–Crippen LogP) is 3.04. The van der Waals surface area contributed by atoms with Gasteiger partial charge in [0.2, 0.25) is 11.0 Å². The molecule has 2 heterocycles. The minimum Gasteiger partial charge on any atom is -0.467 e. The lowest BCUT2D eigenvalue weighted by atomic mass is 10.2. The number of aromatic nitrogens is 2. The Hall–Kier alpha value is -2.32. The maximum atomic E-state index is 12.6. The van der Waals surface area contributed by atoms with Gasteiger partial charge < -0.3 is 15.1 Å². The third kappa shape index (κ3) is 4.11. The zero-order valence-corrected chi connectivity index (χ0v) is 13.7. The van der Waals surface area contributed by atoms with Gasteiger partial charge in [-0.3, -0.25) is 4.79 Å². The fraction of sp³-hybridized carbons (Fsp3) is 0.133. The summed E-state index contributed by atoms with van der Waals surface area (Å²) in [6.45, 7) is 0.384. The molecule has 0 fully saturated rings. The zero-order chi connectivity index (χ0) is 16.1. The number of amides is 1. The van der Waals surface area contributed by atoms with Gasteiger partial charge in [0, 0.05) is 5.69 Å². The fourth-order valence-electron chi connectivity index (χ4n) is 1.97. The summed E-state index contributed by atoms with van der Waals surface area (Å²) < 4.78 is 6.05. The predicted molar refractivity (Wildman–Crippen MR) is 91.4 cm³/mol. The number of rotatable bonds is 6. The van der Waals surface area contributed by atoms with Crippen LogP contribution < -0.4 is 10.6 Å². The number of carbonyl (C=O) groups excluding carboxylic acids is 1. The van der Waals surface area contributed by atoms with Crippen molar-refractivity contribution < 1.29 is 9.21 Å². The van der Waals surface area contributed by atoms with Gasteiger partial charge in [0.1, 0.15) is 5.76 Å². The van der Waals surface area contributed by atoms with Crippen LogP contribution in [0, 0.1) is 0 Å². The normalized spacial score (nSPS) is 10.6. The number of thioether (sulfide) groups is 1. The van der Waals surface area contributed by atoms with Crippen LogP contribution in [0.5, 0.6) is 0 Å². The van der Waals surface area contributed by atoms with E-state index >= 15 is 0 Å². The first-order valence-electron chi connectivity index (χ1n) is 6.82. The summed E-state index contributed by atoms with van der Waals surface area (Å²) in [7, 11) is 0. The smallest absolute Gasteiger partial charge is 0.237 e. The van der Waals surface area contributed by atoms with Crippen LogP contribution in [0.1, 0.15) is 5.76 Å². The molecule has 1 aromatic carbocycles. The molecule has 0 atom stereocenters. The summed E-state index contributed by atoms with van der Waals surface area (Å²) in [4.78, 5) is 14.3. The van der Waals surface area contributed by atoms with Crippen LogP contribution in [0.25, 0.3) is 0 Å². The van der Waals surface area contributed by atoms with E-state index in [0.717, 1.165) is 11.4 Å². The third-order valence-electron chi connectivity index (χ3n) is 3.00. The van der Waals surface area contributed by atoms with Gasteiger partial charge in [0.15, 0.2) is 4.34 Å². The molecule has 0 saturated heterocycles. The maximum absolute atomic E-state index is 12.6. The highest BCUT2D eigenvalue weighted by molar-refractivity contribution is 8.01. The zero-order valence-electron chi connectivity index (χ0n) is 12.1. The van der Waals surface area contributed by atoms with E-state index in [0.29, 0.717) is 16.0 Å². The Morgan fingerprint density at radius 3 is 2.70 bits per heavy atom. The Labute approximate surface area is 141 Å². The Balaban J connectivity index is 1.73. The number of anilines is 2. The SMILES string of the molecule is Nc1nnc(SCC(=O)N(Cc2ccco2)c2ccccc2)s1. The van der Waals surface area contributed by atoms with E-state index in [1.54, 1.807) is 11.2 Å². The van der Waals surface area contributed by atoms with Crippen molar-refractivity contribution in [2.45, 2.75) is 10.9 Å². The molecule has 0 aliphatic carbocycles. The van der Waals surface area contributed by atoms with Crippen molar-refractivity contribution >= 4 is 39.8 Å². The summed E-state index contributed by atoms with van der Waals surface area (Å²) in [5.74, 6) is 0.947. The largest absolute Gasteiger partial charge is 0.467 e. The molecule has 0 aliphatic heterocycles. The molecule has 2 aromatic heterocycles. The minimum absolute atomic E-state index is 0.0358. The van der Waals surface area contributed by atoms with Crippen molar-refractivity contribution in [3.63, 3.8) is 0 Å². The Morgan fingerprint density at radius 1 is 1.22 bits per heavy atom. The topological polar surface area (TPSA) is 85.2 Å². The molecule has 3 aromatic rings. The second-order valence-electron chi connectivity index (χ2n) is 4.59. The van der Waals surface area contributed by atoms with E-state index in [2.05, 4.69) is 10.2 Å². The Bertz CT molecular complexity index is 759. The van der Waals surface area contributed by atoms with Crippen molar-refractivity contribution in [2.24, 2.45) is 0 Å². The summed E-state index contributed by atoms with van der Waals surface area (Å²) in [5.41, 5.74) is 6.38. The fourth-order valence-corrected chi connectivity index (χ4v) is 3.48. The number of benzene rings is 1. The van der Waals surface area contributed by atoms with Crippen molar-refractivity contribution in [1.82, 2.24) is 10.2 Å². The van der Waals surface area contributed by atoms with E-state index in [1.807, 2.05) is 42.5 Å². The number of nitrogens with zero attached hydrogens (tertiary/aromatic N) is 3. The van der Waals surface area contributed by atoms with E-state index in [1.165, 1.54) is 23.1 Å². The van der Waals surface area contributed by atoms with Crippen molar-refractivity contribution in [2.75, 3.05) is 16.4 Å². The monoisotopic (exact) mass is 346 g/mol. The van der Waals surface area contributed by atoms with E-state index in [-0.39, 0.29) is 11.7 Å². The van der Waals surface area contributed by atoms with Crippen molar-refractivity contribution in [3.05, 3.63) is 54.5 Å². The van der Waals surface area contributed by atoms with E-state index in [4.69, 9.17) is 10.2 Å². The number of para-hydroxylation sites is 1. The van der Waals surface area contributed by atoms with Crippen LogP contribution in [0.2, 0.25) is 0 Å². The molecule has 23 heavy (non-hydrogen) atoms. The van der Waals surface area contributed by atoms with Crippen LogP contribution in [0.15, 0.2) is 57.5 Å². The molecular formula is C15H14N4O2S2. The molecule has 1 amide bonds. The molecule has 0 bridgehead atoms. The van der Waals surface area contributed by atoms with Crippen LogP contribution in [0.4, 0.5) is 10.8 Å². The first-order valence-corrected chi connectivity index (χ1v) is 8.62. The van der Waals surface area contributed by atoms with Crippen molar-refractivity contribution in [1.29, 1.82) is 0 Å². The molecule has 0 radical (unpaired) electrons. The number of furan rings is 1. The quantitative estimate of drug-likeness (QED) is 0.691. The van der Waals surface area contributed by atoms with Gasteiger partial charge in [0.25, 0.3) is 0 Å². The highest BCUT2D eigenvalue weighted by Gasteiger charge is 2.18. The van der Waals surface area contributed by atoms with Crippen LogP contribution in [0.3, 0.4) is 0 Å². The van der Waals surface area contributed by atoms with Crippen molar-refractivity contribution in [3.8, 4) is 0 Å². The summed E-state index contributed by atoms with van der Waals surface area (Å²) >= 11 is 2.60. The second kappa shape index (κ2) is 7.30. The number of hydrogen-bond donors (Lipinski definition) is 1. The number of nitrogens with two attached hydrogens (primary N) is 1. The molecule has 118 valence electrons. The summed E-state index contributed by atoms with van der Waals surface area (Å²) in [6.07, 6.45) is 1.60. The molecule has 3 rings (SSSR count). The molecule has 0 spiro atoms. The van der Waals surface area contributed by atoms with E-state index in [9.17, 15) is 4.79 Å². The maximum Gasteiger partial charge on any atom is 0.237 e. The van der Waals surface area contributed by atoms with Gasteiger partial charge in [-0.15, -0.1) is 10.2 Å². The Kier molecular flexibility index (Phi) is 4.94. The molecule has 2 N–H and O–H groups in total. The second-order valence-corrected chi connectivity index (χ2v) is 6.82. The third-order valence-corrected chi connectivity index (χ3v) is 4.87. The average molecular weight is 346 g/mol. The molecule has 6 nitrogen and oxygen atoms in total. The van der Waals surface area contributed by atoms with Gasteiger partial charge in [-0.2, -0.15) is 0 Å². The molecule has 0 unspecified atom stereocenters. The van der Waals surface area contributed by atoms with Gasteiger partial charge in [-0.1, -0.05) is 41.3 Å². The first-order chi connectivity index (χ1) is 11.2. The average Bonchev–Trinajstić information content (AvgIpc) is 3.23. The van der Waals surface area contributed by atoms with Crippen LogP contribution in [-0.4, -0.2) is 21.9 Å². The minimum atomic E-state index is -0.0358. The number of nitrogen functional groups attached to an aromatic ring is 1. The van der Waals surface area contributed by atoms with Gasteiger partial charge >= 0.3 is 0 Å². The van der Waals surface area contributed by atoms with Crippen LogP contribution in [-0.2, 0) is 11.3 Å². The van der Waals surface area contributed by atoms with Gasteiger partial charge in [0.05, 0.1) is 18.6 Å². The molecule has 8 heteroatoms. The number of carbonyl (C=O) groups is 1. The Morgan fingerprint density at radius 2 is 2.04 bits per heavy atom. The number of hydrogen-bond acceptors (Lipinski definition) is 7. The molecular weight excluding hydrogens is 332 g/mol. The highest BCUT2D eigenvalue weighted by Crippen LogP contribution is 2.25. The standard InChI is InChI=1S/C15H14N4O2S2/c16-14-17-18-15(23-14)22-10-13(20)19(9-12-7-4-8-21-12)11-5-2-1-3-6-11/h1-8H,9-10H2,(H2,16,17). The molecule has 0 aliphatic rings. The first kappa shape index (κ1) is 15.6. The lowest BCUT2D eigenvalue weighted by molar-refractivity contribution is -0.116. The van der Waals surface area contributed by atoms with Gasteiger partial charge in [-0.25, -0.2) is 0 Å². The lowest BCUT2D eigenvalue weighted by Gasteiger charge is -2.21. The highest BCUT2D eigenvalue weighted by atomic mass is 32.2. The van der Waals surface area contributed by atoms with Crippen LogP contribution >= 0.6 is 23.1 Å². The van der Waals surface area contributed by atoms with E-state index < -0.39 is 0 Å². The van der Waals surface area contributed by atoms with Gasteiger partial charge in [-0.05, 0) is 24.3 Å². The summed E-state index contributed by atoms with van der Waals surface area (Å²) in [5, 5.41) is 8.06.